The molecule has 0 radical (unpaired) electrons. The van der Waals surface area contributed by atoms with E-state index < -0.39 is 24.4 Å². The van der Waals surface area contributed by atoms with Gasteiger partial charge in [-0.25, -0.2) is 4.79 Å². The summed E-state index contributed by atoms with van der Waals surface area (Å²) >= 11 is 0. The Morgan fingerprint density at radius 3 is 2.12 bits per heavy atom. The molecule has 4 aromatic carbocycles. The first kappa shape index (κ1) is 27.1. The van der Waals surface area contributed by atoms with Gasteiger partial charge in [-0.3, -0.25) is 0 Å². The molecule has 208 valence electrons. The third kappa shape index (κ3) is 5.00. The molecular formula is C34H34BNO5. The Morgan fingerprint density at radius 2 is 1.46 bits per heavy atom. The van der Waals surface area contributed by atoms with E-state index >= 15 is 0 Å². The van der Waals surface area contributed by atoms with Gasteiger partial charge in [0.05, 0.1) is 11.2 Å². The highest BCUT2D eigenvalue weighted by molar-refractivity contribution is 6.56. The van der Waals surface area contributed by atoms with E-state index in [0.29, 0.717) is 11.0 Å². The van der Waals surface area contributed by atoms with Crippen molar-refractivity contribution in [3.8, 4) is 16.9 Å². The summed E-state index contributed by atoms with van der Waals surface area (Å²) in [6, 6.07) is 28.0. The van der Waals surface area contributed by atoms with E-state index in [4.69, 9.17) is 14.0 Å². The predicted octanol–water partition coefficient (Wildman–Crippen LogP) is 7.10. The minimum absolute atomic E-state index is 0.0270. The zero-order valence-corrected chi connectivity index (χ0v) is 23.8. The Kier molecular flexibility index (Phi) is 6.88. The Labute approximate surface area is 241 Å². The number of phenols is 1. The molecule has 1 heterocycles. The molecule has 2 N–H and O–H groups in total. The highest BCUT2D eigenvalue weighted by Gasteiger charge is 2.52. The van der Waals surface area contributed by atoms with E-state index in [0.717, 1.165) is 21.9 Å². The van der Waals surface area contributed by atoms with E-state index in [9.17, 15) is 9.90 Å². The second kappa shape index (κ2) is 10.4. The molecule has 1 fully saturated rings. The third-order valence-corrected chi connectivity index (χ3v) is 8.61. The normalized spacial score (nSPS) is 17.4. The van der Waals surface area contributed by atoms with E-state index in [1.165, 1.54) is 11.1 Å². The second-order valence-electron chi connectivity index (χ2n) is 11.7. The molecule has 1 amide bonds. The second-order valence-corrected chi connectivity index (χ2v) is 11.7. The van der Waals surface area contributed by atoms with E-state index in [1.54, 1.807) is 0 Å². The molecule has 0 saturated carbocycles. The number of hydrogen-bond acceptors (Lipinski definition) is 5. The first-order valence-electron chi connectivity index (χ1n) is 14.0. The number of carbonyl (C=O) groups is 1. The number of hydrogen-bond donors (Lipinski definition) is 2. The average Bonchev–Trinajstić information content (AvgIpc) is 3.39. The fourth-order valence-corrected chi connectivity index (χ4v) is 5.61. The number of alkyl carbamates (subject to hydrolysis) is 1. The molecule has 6 rings (SSSR count). The maximum atomic E-state index is 13.0. The summed E-state index contributed by atoms with van der Waals surface area (Å²) in [6.07, 6.45) is 1.30. The molecular weight excluding hydrogens is 513 g/mol. The maximum Gasteiger partial charge on any atom is 0.492 e. The molecule has 2 aliphatic rings. The van der Waals surface area contributed by atoms with Gasteiger partial charge in [0.25, 0.3) is 0 Å². The standard InChI is InChI=1S/C34H34BNO5/c1-33(2)34(3,4)41-35(40-33)24(19-23-18-17-22-11-5-6-12-25(22)31(23)37)20-36-32(38)39-21-30-28-15-9-7-13-26(28)27-14-8-10-16-29(27)30/h5-19,30,37H,20-21H2,1-4H3,(H,36,38). The number of ether oxygens (including phenoxy) is 1. The summed E-state index contributed by atoms with van der Waals surface area (Å²) in [5.41, 5.74) is 4.83. The lowest BCUT2D eigenvalue weighted by molar-refractivity contribution is 0.00578. The monoisotopic (exact) mass is 547 g/mol. The van der Waals surface area contributed by atoms with Gasteiger partial charge in [-0.05, 0) is 60.8 Å². The van der Waals surface area contributed by atoms with Gasteiger partial charge in [-0.2, -0.15) is 0 Å². The van der Waals surface area contributed by atoms with Crippen LogP contribution in [0, 0.1) is 0 Å². The molecule has 0 aromatic heterocycles. The highest BCUT2D eigenvalue weighted by Crippen LogP contribution is 2.44. The smallest absolute Gasteiger partial charge is 0.492 e. The van der Waals surface area contributed by atoms with Crippen molar-refractivity contribution in [2.75, 3.05) is 13.2 Å². The van der Waals surface area contributed by atoms with Crippen LogP contribution in [-0.2, 0) is 14.0 Å². The number of rotatable bonds is 6. The van der Waals surface area contributed by atoms with Crippen LogP contribution in [0.3, 0.4) is 0 Å². The lowest BCUT2D eigenvalue weighted by Crippen LogP contribution is -2.41. The zero-order valence-electron chi connectivity index (χ0n) is 23.8. The summed E-state index contributed by atoms with van der Waals surface area (Å²) in [6.45, 7) is 8.28. The molecule has 1 saturated heterocycles. The first-order chi connectivity index (χ1) is 19.6. The number of benzene rings is 4. The molecule has 6 nitrogen and oxygen atoms in total. The van der Waals surface area contributed by atoms with Gasteiger partial charge in [0, 0.05) is 23.4 Å². The maximum absolute atomic E-state index is 13.0. The molecule has 4 aromatic rings. The lowest BCUT2D eigenvalue weighted by Gasteiger charge is -2.32. The quantitative estimate of drug-likeness (QED) is 0.252. The van der Waals surface area contributed by atoms with E-state index in [1.807, 2.05) is 94.4 Å². The SMILES string of the molecule is CC1(C)OB(C(=Cc2ccc3ccccc3c2O)CNC(=O)OCC2c3ccccc3-c3ccccc32)OC1(C)C. The van der Waals surface area contributed by atoms with Gasteiger partial charge in [0.15, 0.2) is 0 Å². The number of amides is 1. The van der Waals surface area contributed by atoms with Crippen molar-refractivity contribution in [3.05, 3.63) is 107 Å². The van der Waals surface area contributed by atoms with Crippen molar-refractivity contribution in [1.82, 2.24) is 5.32 Å². The van der Waals surface area contributed by atoms with Crippen molar-refractivity contribution >= 4 is 30.1 Å². The Balaban J connectivity index is 1.21. The number of aromatic hydroxyl groups is 1. The number of carbonyl (C=O) groups excluding carboxylic acids is 1. The van der Waals surface area contributed by atoms with E-state index in [2.05, 4.69) is 29.6 Å². The Bertz CT molecular complexity index is 1600. The van der Waals surface area contributed by atoms with Crippen LogP contribution in [0.15, 0.2) is 90.4 Å². The van der Waals surface area contributed by atoms with Gasteiger partial charge in [-0.15, -0.1) is 0 Å². The summed E-state index contributed by atoms with van der Waals surface area (Å²) < 4.78 is 18.4. The van der Waals surface area contributed by atoms with Crippen molar-refractivity contribution in [2.24, 2.45) is 0 Å². The topological polar surface area (TPSA) is 77.0 Å². The van der Waals surface area contributed by atoms with Crippen LogP contribution >= 0.6 is 0 Å². The first-order valence-corrected chi connectivity index (χ1v) is 14.0. The zero-order chi connectivity index (χ0) is 28.8. The fraction of sp³-hybridized carbons (Fsp3) is 0.265. The van der Waals surface area contributed by atoms with Gasteiger partial charge >= 0.3 is 13.2 Å². The summed E-state index contributed by atoms with van der Waals surface area (Å²) in [5.74, 6) is 0.138. The minimum atomic E-state index is -0.709. The summed E-state index contributed by atoms with van der Waals surface area (Å²) in [5, 5.41) is 15.6. The number of nitrogens with one attached hydrogen (secondary N) is 1. The average molecular weight is 547 g/mol. The van der Waals surface area contributed by atoms with Crippen molar-refractivity contribution < 1.29 is 23.9 Å². The van der Waals surface area contributed by atoms with Crippen molar-refractivity contribution in [3.63, 3.8) is 0 Å². The van der Waals surface area contributed by atoms with Crippen LogP contribution < -0.4 is 5.32 Å². The molecule has 0 unspecified atom stereocenters. The summed E-state index contributed by atoms with van der Waals surface area (Å²) in [4.78, 5) is 13.0. The van der Waals surface area contributed by atoms with E-state index in [-0.39, 0.29) is 24.8 Å². The highest BCUT2D eigenvalue weighted by atomic mass is 16.7. The number of fused-ring (bicyclic) bond motifs is 4. The molecule has 41 heavy (non-hydrogen) atoms. The summed E-state index contributed by atoms with van der Waals surface area (Å²) in [7, 11) is -0.709. The molecule has 1 aliphatic carbocycles. The third-order valence-electron chi connectivity index (χ3n) is 8.61. The molecule has 1 aliphatic heterocycles. The van der Waals surface area contributed by atoms with Gasteiger partial charge < -0.3 is 24.5 Å². The minimum Gasteiger partial charge on any atom is -0.507 e. The molecule has 0 atom stereocenters. The van der Waals surface area contributed by atoms with Gasteiger partial charge in [0.1, 0.15) is 12.4 Å². The Morgan fingerprint density at radius 1 is 0.878 bits per heavy atom. The molecule has 7 heteroatoms. The van der Waals surface area contributed by atoms with Crippen LogP contribution in [0.5, 0.6) is 5.75 Å². The van der Waals surface area contributed by atoms with Crippen LogP contribution in [0.1, 0.15) is 50.3 Å². The van der Waals surface area contributed by atoms with Crippen LogP contribution in [0.4, 0.5) is 4.79 Å². The van der Waals surface area contributed by atoms with Gasteiger partial charge in [0.2, 0.25) is 0 Å². The fourth-order valence-electron chi connectivity index (χ4n) is 5.61. The predicted molar refractivity (Wildman–Crippen MR) is 163 cm³/mol. The largest absolute Gasteiger partial charge is 0.507 e. The molecule has 0 bridgehead atoms. The van der Waals surface area contributed by atoms with Crippen LogP contribution in [0.2, 0.25) is 0 Å². The van der Waals surface area contributed by atoms with Crippen LogP contribution in [-0.4, -0.2) is 42.7 Å². The Hall–Kier alpha value is -4.07. The lowest BCUT2D eigenvalue weighted by atomic mass is 9.76. The van der Waals surface area contributed by atoms with Crippen molar-refractivity contribution in [2.45, 2.75) is 44.8 Å². The molecule has 0 spiro atoms. The van der Waals surface area contributed by atoms with Gasteiger partial charge in [-0.1, -0.05) is 91.0 Å². The van der Waals surface area contributed by atoms with Crippen LogP contribution in [0.25, 0.3) is 28.0 Å². The van der Waals surface area contributed by atoms with Crippen molar-refractivity contribution in [1.29, 1.82) is 0 Å². The number of phenolic OH excluding ortho intramolecular Hbond substituents is 1.